The highest BCUT2D eigenvalue weighted by Gasteiger charge is 2.09. The third kappa shape index (κ3) is 2.98. The van der Waals surface area contributed by atoms with Gasteiger partial charge in [-0.05, 0) is 56.5 Å². The molecular formula is C11H10Br2N4O. The maximum atomic E-state index is 5.70. The van der Waals surface area contributed by atoms with Crippen molar-refractivity contribution in [2.75, 3.05) is 5.43 Å². The number of ether oxygens (including phenoxy) is 1. The van der Waals surface area contributed by atoms with Gasteiger partial charge in [-0.1, -0.05) is 6.07 Å². The van der Waals surface area contributed by atoms with Crippen LogP contribution in [-0.4, -0.2) is 9.97 Å². The van der Waals surface area contributed by atoms with Gasteiger partial charge < -0.3 is 4.74 Å². The number of aryl methyl sites for hydroxylation is 1. The van der Waals surface area contributed by atoms with Crippen LogP contribution in [0.25, 0.3) is 0 Å². The zero-order valence-electron chi connectivity index (χ0n) is 9.45. The van der Waals surface area contributed by atoms with E-state index in [2.05, 4.69) is 47.3 Å². The maximum Gasteiger partial charge on any atom is 0.240 e. The van der Waals surface area contributed by atoms with E-state index in [0.717, 1.165) is 10.0 Å². The van der Waals surface area contributed by atoms with Crippen LogP contribution in [0.1, 0.15) is 5.56 Å². The molecule has 0 spiro atoms. The number of hydrogen-bond donors (Lipinski definition) is 2. The molecule has 0 fully saturated rings. The molecule has 18 heavy (non-hydrogen) atoms. The van der Waals surface area contributed by atoms with Gasteiger partial charge in [0.2, 0.25) is 11.8 Å². The number of halogens is 2. The van der Waals surface area contributed by atoms with Crippen molar-refractivity contribution in [3.05, 3.63) is 38.9 Å². The van der Waals surface area contributed by atoms with Crippen molar-refractivity contribution in [1.82, 2.24) is 9.97 Å². The number of rotatable bonds is 3. The molecule has 0 saturated heterocycles. The maximum absolute atomic E-state index is 5.70. The van der Waals surface area contributed by atoms with E-state index >= 15 is 0 Å². The fourth-order valence-corrected chi connectivity index (χ4v) is 2.13. The third-order valence-corrected chi connectivity index (χ3v) is 3.30. The van der Waals surface area contributed by atoms with E-state index in [0.29, 0.717) is 16.1 Å². The lowest BCUT2D eigenvalue weighted by atomic mass is 10.2. The number of hydrogen-bond acceptors (Lipinski definition) is 5. The second-order valence-corrected chi connectivity index (χ2v) is 5.24. The Balaban J connectivity index is 2.33. The van der Waals surface area contributed by atoms with Crippen molar-refractivity contribution in [3.8, 4) is 11.6 Å². The molecule has 0 saturated carbocycles. The number of nitrogens with two attached hydrogens (primary N) is 1. The molecule has 1 heterocycles. The normalized spacial score (nSPS) is 10.2. The molecule has 0 amide bonds. The molecule has 1 aromatic carbocycles. The smallest absolute Gasteiger partial charge is 0.240 e. The Kier molecular flexibility index (Phi) is 4.15. The highest BCUT2D eigenvalue weighted by molar-refractivity contribution is 9.11. The van der Waals surface area contributed by atoms with Crippen LogP contribution >= 0.6 is 31.9 Å². The van der Waals surface area contributed by atoms with E-state index < -0.39 is 0 Å². The zero-order valence-corrected chi connectivity index (χ0v) is 12.6. The lowest BCUT2D eigenvalue weighted by Gasteiger charge is -2.09. The van der Waals surface area contributed by atoms with Crippen LogP contribution < -0.4 is 16.0 Å². The molecule has 0 bridgehead atoms. The number of nitrogen functional groups attached to an aromatic ring is 1. The van der Waals surface area contributed by atoms with Gasteiger partial charge in [0.25, 0.3) is 0 Å². The van der Waals surface area contributed by atoms with Gasteiger partial charge >= 0.3 is 0 Å². The van der Waals surface area contributed by atoms with Crippen LogP contribution in [0, 0.1) is 6.92 Å². The van der Waals surface area contributed by atoms with E-state index in [1.54, 1.807) is 6.20 Å². The summed E-state index contributed by atoms with van der Waals surface area (Å²) in [6, 6.07) is 5.79. The van der Waals surface area contributed by atoms with Crippen molar-refractivity contribution < 1.29 is 4.74 Å². The second kappa shape index (κ2) is 5.64. The minimum Gasteiger partial charge on any atom is -0.437 e. The number of aromatic nitrogens is 2. The first-order valence-corrected chi connectivity index (χ1v) is 6.62. The third-order valence-electron chi connectivity index (χ3n) is 2.14. The molecule has 94 valence electrons. The van der Waals surface area contributed by atoms with E-state index in [9.17, 15) is 0 Å². The van der Waals surface area contributed by atoms with Gasteiger partial charge in [-0.3, -0.25) is 5.43 Å². The number of anilines is 1. The monoisotopic (exact) mass is 372 g/mol. The van der Waals surface area contributed by atoms with Crippen LogP contribution in [0.15, 0.2) is 33.3 Å². The lowest BCUT2D eigenvalue weighted by molar-refractivity contribution is 0.456. The first-order chi connectivity index (χ1) is 8.60. The second-order valence-electron chi connectivity index (χ2n) is 3.53. The summed E-state index contributed by atoms with van der Waals surface area (Å²) in [4.78, 5) is 8.06. The molecule has 0 aliphatic rings. The van der Waals surface area contributed by atoms with Gasteiger partial charge in [0.15, 0.2) is 0 Å². The van der Waals surface area contributed by atoms with Crippen LogP contribution in [-0.2, 0) is 0 Å². The Morgan fingerprint density at radius 2 is 2.06 bits per heavy atom. The molecule has 5 nitrogen and oxygen atoms in total. The lowest BCUT2D eigenvalue weighted by Crippen LogP contribution is -2.10. The zero-order chi connectivity index (χ0) is 13.1. The number of benzene rings is 1. The van der Waals surface area contributed by atoms with Gasteiger partial charge in [0, 0.05) is 0 Å². The van der Waals surface area contributed by atoms with Gasteiger partial charge in [-0.2, -0.15) is 4.98 Å². The topological polar surface area (TPSA) is 73.1 Å². The van der Waals surface area contributed by atoms with Gasteiger partial charge in [0.05, 0.1) is 15.1 Å². The Morgan fingerprint density at radius 3 is 2.72 bits per heavy atom. The molecule has 0 atom stereocenters. The predicted octanol–water partition coefficient (Wildman–Crippen LogP) is 3.39. The largest absolute Gasteiger partial charge is 0.437 e. The summed E-state index contributed by atoms with van der Waals surface area (Å²) in [5, 5.41) is 0. The van der Waals surface area contributed by atoms with Crippen molar-refractivity contribution in [2.45, 2.75) is 6.92 Å². The summed E-state index contributed by atoms with van der Waals surface area (Å²) >= 11 is 6.76. The van der Waals surface area contributed by atoms with E-state index in [1.807, 2.05) is 25.1 Å². The van der Waals surface area contributed by atoms with Crippen LogP contribution in [0.2, 0.25) is 0 Å². The summed E-state index contributed by atoms with van der Waals surface area (Å²) in [5.41, 5.74) is 3.51. The highest BCUT2D eigenvalue weighted by atomic mass is 79.9. The van der Waals surface area contributed by atoms with E-state index in [-0.39, 0.29) is 5.95 Å². The van der Waals surface area contributed by atoms with Crippen molar-refractivity contribution in [2.24, 2.45) is 5.84 Å². The molecule has 2 aromatic rings. The van der Waals surface area contributed by atoms with Gasteiger partial charge in [0.1, 0.15) is 5.75 Å². The Morgan fingerprint density at radius 1 is 1.28 bits per heavy atom. The SMILES string of the molecule is Cc1ccc(Oc2nc(NN)ncc2Br)c(Br)c1. The minimum atomic E-state index is 0.288. The van der Waals surface area contributed by atoms with Crippen molar-refractivity contribution >= 4 is 37.8 Å². The number of nitrogens with one attached hydrogen (secondary N) is 1. The van der Waals surface area contributed by atoms with Crippen LogP contribution in [0.3, 0.4) is 0 Å². The van der Waals surface area contributed by atoms with Crippen LogP contribution in [0.5, 0.6) is 11.6 Å². The molecule has 0 aliphatic carbocycles. The Hall–Kier alpha value is -1.18. The van der Waals surface area contributed by atoms with Crippen LogP contribution in [0.4, 0.5) is 5.95 Å². The molecule has 7 heteroatoms. The summed E-state index contributed by atoms with van der Waals surface area (Å²) in [7, 11) is 0. The minimum absolute atomic E-state index is 0.288. The van der Waals surface area contributed by atoms with E-state index in [4.69, 9.17) is 10.6 Å². The molecule has 0 aliphatic heterocycles. The predicted molar refractivity (Wildman–Crippen MR) is 76.5 cm³/mol. The summed E-state index contributed by atoms with van der Waals surface area (Å²) in [6.07, 6.45) is 1.57. The first-order valence-electron chi connectivity index (χ1n) is 5.03. The first kappa shape index (κ1) is 13.3. The molecule has 0 radical (unpaired) electrons. The molecule has 0 unspecified atom stereocenters. The highest BCUT2D eigenvalue weighted by Crippen LogP contribution is 2.33. The van der Waals surface area contributed by atoms with E-state index in [1.165, 1.54) is 0 Å². The average molecular weight is 374 g/mol. The molecular weight excluding hydrogens is 364 g/mol. The quantitative estimate of drug-likeness (QED) is 0.637. The fourth-order valence-electron chi connectivity index (χ4n) is 1.29. The molecule has 3 N–H and O–H groups in total. The van der Waals surface area contributed by atoms with Crippen molar-refractivity contribution in [3.63, 3.8) is 0 Å². The number of hydrazine groups is 1. The average Bonchev–Trinajstić information content (AvgIpc) is 2.35. The Bertz CT molecular complexity index is 577. The summed E-state index contributed by atoms with van der Waals surface area (Å²) < 4.78 is 7.20. The molecule has 2 rings (SSSR count). The van der Waals surface area contributed by atoms with Crippen molar-refractivity contribution in [1.29, 1.82) is 0 Å². The summed E-state index contributed by atoms with van der Waals surface area (Å²) in [6.45, 7) is 2.01. The fraction of sp³-hybridized carbons (Fsp3) is 0.0909. The number of nitrogens with zero attached hydrogens (tertiary/aromatic N) is 2. The van der Waals surface area contributed by atoms with Gasteiger partial charge in [-0.15, -0.1) is 0 Å². The van der Waals surface area contributed by atoms with Gasteiger partial charge in [-0.25, -0.2) is 10.8 Å². The standard InChI is InChI=1S/C11H10Br2N4O/c1-6-2-3-9(7(12)4-6)18-10-8(13)5-15-11(16-10)17-14/h2-5H,14H2,1H3,(H,15,16,17). The summed E-state index contributed by atoms with van der Waals surface area (Å²) in [5.74, 6) is 6.61. The Labute approximate surface area is 121 Å². The molecule has 1 aromatic heterocycles.